The van der Waals surface area contributed by atoms with E-state index in [2.05, 4.69) is 43.0 Å². The molecule has 0 aromatic carbocycles. The third kappa shape index (κ3) is 19.6. The molecule has 0 saturated carbocycles. The molecule has 11 amide bonds. The number of aldehydes is 1. The first-order chi connectivity index (χ1) is 42.9. The molecule has 0 unspecified atom stereocenters. The Balaban J connectivity index is 1.07. The third-order valence-corrected chi connectivity index (χ3v) is 18.3. The Morgan fingerprint density at radius 3 is 1.44 bits per heavy atom. The monoisotopic (exact) mass is 1270 g/mol. The summed E-state index contributed by atoms with van der Waals surface area (Å²) in [6.07, 6.45) is 6.57. The lowest BCUT2D eigenvalue weighted by Crippen LogP contribution is -2.89. The van der Waals surface area contributed by atoms with Crippen molar-refractivity contribution in [2.45, 2.75) is 248 Å². The van der Waals surface area contributed by atoms with E-state index in [1.165, 1.54) is 33.4 Å². The van der Waals surface area contributed by atoms with Crippen molar-refractivity contribution in [2.24, 2.45) is 23.3 Å². The van der Waals surface area contributed by atoms with E-state index in [9.17, 15) is 62.6 Å². The zero-order chi connectivity index (χ0) is 65.9. The standard InChI is InChI=1S/C61H104N16O13/c1-35(2)32-39(34-78)68-50(80)43(33-36(3)4)71-53(83)45-20-12-28-74(45)58(88)41(16-7-8-24-62)69-51(81)44-19-11-27-73(44)56(86)37(5)67-55(85)49(38(6)79)72-54(84)47-22-13-29-75(47)59(89)42(18-10-26-66-61(63)64)70-52(82)46-21-14-30-76(46)60(90)48-23-15-31-77(48)57(87)40-17-9-25-65-40/h34-49,61,65-66,79H,7-33,62-64H2,1-6H3,(H,67,85)(H,68,80)(H,69,81)(H,70,82)(H,71,83)(H,72,84)/p+2/t37-,38+,39-,40-,41-,42-,43-,44-,45-,46-,47-,48-,49-/m0/s1. The van der Waals surface area contributed by atoms with Gasteiger partial charge in [-0.25, -0.2) is 0 Å². The summed E-state index contributed by atoms with van der Waals surface area (Å²) in [5.41, 5.74) is 15.3. The highest BCUT2D eigenvalue weighted by Gasteiger charge is 2.47. The predicted molar refractivity (Wildman–Crippen MR) is 328 cm³/mol. The number of aliphatic hydroxyl groups excluding tert-OH is 1. The SMILES string of the molecule is CC(C)C[C@@H](C=O)NC(=O)[C@H](CC(C)C)NC(=O)[C@@H]1CCCN1C(=O)[C@H](CCCC[NH3+])NC(=O)[C@@H]1CCCN1C(=O)[C@H](C)NC(=O)[C@@H](NC(=O)[C@@H]1CCCN1C(=O)[C@H](CCCNC(N)N)NC(=O)[C@@H]1CCCN1C(=O)[C@@H]1CCCN1C(=O)[C@@H]1CCC[NH2+]1)[C@@H](C)O. The van der Waals surface area contributed by atoms with Crippen molar-refractivity contribution in [1.82, 2.24) is 61.7 Å². The second-order valence-corrected chi connectivity index (χ2v) is 26.3. The molecule has 0 bridgehead atoms. The minimum Gasteiger partial charge on any atom is -0.391 e. The van der Waals surface area contributed by atoms with Crippen LogP contribution in [0, 0.1) is 11.8 Å². The van der Waals surface area contributed by atoms with Crippen molar-refractivity contribution < 1.29 is 73.7 Å². The van der Waals surface area contributed by atoms with Gasteiger partial charge >= 0.3 is 0 Å². The second-order valence-electron chi connectivity index (χ2n) is 26.3. The van der Waals surface area contributed by atoms with E-state index in [1.807, 2.05) is 33.0 Å². The summed E-state index contributed by atoms with van der Waals surface area (Å²) >= 11 is 0. The normalized spacial score (nSPS) is 24.1. The Labute approximate surface area is 529 Å². The fraction of sp³-hybridized carbons (Fsp3) is 0.803. The molecule has 506 valence electrons. The molecule has 13 atom stereocenters. The van der Waals surface area contributed by atoms with E-state index in [4.69, 9.17) is 11.5 Å². The third-order valence-electron chi connectivity index (χ3n) is 18.3. The van der Waals surface area contributed by atoms with Gasteiger partial charge in [0.2, 0.25) is 59.1 Å². The van der Waals surface area contributed by atoms with Gasteiger partial charge in [0.15, 0.2) is 6.04 Å². The number of rotatable bonds is 32. The van der Waals surface area contributed by atoms with Gasteiger partial charge in [-0.15, -0.1) is 0 Å². The Hall–Kier alpha value is -6.40. The summed E-state index contributed by atoms with van der Waals surface area (Å²) in [6.45, 7) is 13.3. The number of aliphatic hydroxyl groups is 1. The number of nitrogens with one attached hydrogen (secondary N) is 7. The van der Waals surface area contributed by atoms with Gasteiger partial charge < -0.3 is 88.8 Å². The maximum atomic E-state index is 14.6. The van der Waals surface area contributed by atoms with Crippen LogP contribution in [0.25, 0.3) is 0 Å². The van der Waals surface area contributed by atoms with Crippen LogP contribution in [0.15, 0.2) is 0 Å². The van der Waals surface area contributed by atoms with Crippen LogP contribution < -0.4 is 59.7 Å². The molecule has 0 spiro atoms. The summed E-state index contributed by atoms with van der Waals surface area (Å²) in [7, 11) is 0. The first-order valence-electron chi connectivity index (χ1n) is 33.2. The minimum atomic E-state index is -1.61. The molecule has 0 aliphatic carbocycles. The van der Waals surface area contributed by atoms with Crippen LogP contribution in [-0.4, -0.2) is 238 Å². The number of quaternary nitrogens is 2. The Morgan fingerprint density at radius 1 is 0.522 bits per heavy atom. The van der Waals surface area contributed by atoms with Gasteiger partial charge in [-0.1, -0.05) is 27.7 Å². The zero-order valence-electron chi connectivity index (χ0n) is 53.9. The molecule has 6 aliphatic rings. The van der Waals surface area contributed by atoms with Crippen molar-refractivity contribution in [3.8, 4) is 0 Å². The molecule has 0 aromatic heterocycles. The van der Waals surface area contributed by atoms with Crippen LogP contribution in [0.5, 0.6) is 0 Å². The smallest absolute Gasteiger partial charge is 0.281 e. The van der Waals surface area contributed by atoms with E-state index in [1.54, 1.807) is 4.90 Å². The van der Waals surface area contributed by atoms with Crippen molar-refractivity contribution >= 4 is 71.3 Å². The number of carbonyl (C=O) groups excluding carboxylic acids is 12. The van der Waals surface area contributed by atoms with Crippen LogP contribution in [-0.2, 0) is 57.5 Å². The highest BCUT2D eigenvalue weighted by Crippen LogP contribution is 2.28. The van der Waals surface area contributed by atoms with Crippen molar-refractivity contribution in [3.05, 3.63) is 0 Å². The maximum absolute atomic E-state index is 14.6. The highest BCUT2D eigenvalue weighted by molar-refractivity contribution is 6.00. The Kier molecular flexibility index (Phi) is 28.1. The molecule has 0 aromatic rings. The van der Waals surface area contributed by atoms with Crippen LogP contribution >= 0.6 is 0 Å². The summed E-state index contributed by atoms with van der Waals surface area (Å²) in [5, 5.41) is 32.4. The molecule has 29 nitrogen and oxygen atoms in total. The molecule has 29 heteroatoms. The van der Waals surface area contributed by atoms with E-state index in [0.29, 0.717) is 103 Å². The zero-order valence-corrected chi connectivity index (χ0v) is 53.9. The van der Waals surface area contributed by atoms with E-state index < -0.39 is 132 Å². The summed E-state index contributed by atoms with van der Waals surface area (Å²) in [5.74, 6) is -5.81. The molecular formula is C61H106N16O13+2. The van der Waals surface area contributed by atoms with Gasteiger partial charge in [-0.2, -0.15) is 0 Å². The topological polar surface area (TPSA) is 422 Å². The van der Waals surface area contributed by atoms with Crippen LogP contribution in [0.3, 0.4) is 0 Å². The average molecular weight is 1270 g/mol. The number of hydrogen-bond donors (Lipinski definition) is 12. The lowest BCUT2D eigenvalue weighted by molar-refractivity contribution is -0.658. The first kappa shape index (κ1) is 72.7. The fourth-order valence-electron chi connectivity index (χ4n) is 13.6. The van der Waals surface area contributed by atoms with Gasteiger partial charge in [0.1, 0.15) is 73.0 Å². The summed E-state index contributed by atoms with van der Waals surface area (Å²) in [4.78, 5) is 175. The molecule has 6 heterocycles. The molecule has 6 rings (SSSR count). The number of amides is 11. The lowest BCUT2D eigenvalue weighted by Gasteiger charge is -2.33. The molecular weight excluding hydrogens is 1160 g/mol. The number of nitrogens with two attached hydrogens (primary N) is 3. The van der Waals surface area contributed by atoms with E-state index in [0.717, 1.165) is 19.4 Å². The number of hydrogen-bond acceptors (Lipinski definition) is 16. The van der Waals surface area contributed by atoms with Gasteiger partial charge in [0.25, 0.3) is 5.91 Å². The average Bonchev–Trinajstić information content (AvgIpc) is 2.19. The van der Waals surface area contributed by atoms with Crippen molar-refractivity contribution in [1.29, 1.82) is 0 Å². The van der Waals surface area contributed by atoms with Crippen molar-refractivity contribution in [2.75, 3.05) is 52.4 Å². The number of likely N-dealkylation sites (tertiary alicyclic amines) is 5. The molecule has 6 aliphatic heterocycles. The fourth-order valence-corrected chi connectivity index (χ4v) is 13.6. The molecule has 90 heavy (non-hydrogen) atoms. The lowest BCUT2D eigenvalue weighted by atomic mass is 10.0. The van der Waals surface area contributed by atoms with Gasteiger partial charge in [-0.05, 0) is 141 Å². The maximum Gasteiger partial charge on any atom is 0.281 e. The largest absolute Gasteiger partial charge is 0.391 e. The second kappa shape index (κ2) is 34.9. The molecule has 6 fully saturated rings. The quantitative estimate of drug-likeness (QED) is 0.0171. The van der Waals surface area contributed by atoms with Crippen LogP contribution in [0.1, 0.15) is 164 Å². The van der Waals surface area contributed by atoms with Gasteiger partial charge in [-0.3, -0.25) is 58.1 Å². The van der Waals surface area contributed by atoms with E-state index >= 15 is 0 Å². The number of unbranched alkanes of at least 4 members (excludes halogenated alkanes) is 1. The van der Waals surface area contributed by atoms with Gasteiger partial charge in [0, 0.05) is 45.6 Å². The summed E-state index contributed by atoms with van der Waals surface area (Å²) in [6, 6.07) is -11.7. The van der Waals surface area contributed by atoms with E-state index in [-0.39, 0.29) is 88.0 Å². The Morgan fingerprint density at radius 2 is 0.978 bits per heavy atom. The summed E-state index contributed by atoms with van der Waals surface area (Å²) < 4.78 is 0. The highest BCUT2D eigenvalue weighted by atomic mass is 16.3. The minimum absolute atomic E-state index is 0.00289. The first-order valence-corrected chi connectivity index (χ1v) is 33.2. The Bertz CT molecular complexity index is 2520. The number of carbonyl (C=O) groups is 12. The van der Waals surface area contributed by atoms with Crippen molar-refractivity contribution in [3.63, 3.8) is 0 Å². The molecule has 17 N–H and O–H groups in total. The van der Waals surface area contributed by atoms with Gasteiger partial charge in [0.05, 0.1) is 25.2 Å². The predicted octanol–water partition coefficient (Wildman–Crippen LogP) is -4.75. The van der Waals surface area contributed by atoms with Crippen LogP contribution in [0.2, 0.25) is 0 Å². The molecule has 0 radical (unpaired) electrons. The number of nitrogens with zero attached hydrogens (tertiary/aromatic N) is 5. The van der Waals surface area contributed by atoms with Crippen LogP contribution in [0.4, 0.5) is 0 Å². The molecule has 6 saturated heterocycles.